The van der Waals surface area contributed by atoms with Crippen LogP contribution in [-0.4, -0.2) is 9.55 Å². The molecule has 0 spiro atoms. The summed E-state index contributed by atoms with van der Waals surface area (Å²) in [5, 5.41) is 0.612. The monoisotopic (exact) mass is 388 g/mol. The van der Waals surface area contributed by atoms with E-state index < -0.39 is 0 Å². The quantitative estimate of drug-likeness (QED) is 0.378. The number of hydrogen-bond donors (Lipinski definition) is 0. The van der Waals surface area contributed by atoms with Gasteiger partial charge in [-0.05, 0) is 42.3 Å². The molecule has 0 amide bonds. The maximum absolute atomic E-state index is 13.5. The van der Waals surface area contributed by atoms with E-state index in [0.717, 1.165) is 22.4 Å². The molecule has 0 N–H and O–H groups in total. The molecular formula is C27H20N2O. The fraction of sp³-hybridized carbons (Fsp3) is 0.0370. The molecule has 0 unspecified atom stereocenters. The van der Waals surface area contributed by atoms with Gasteiger partial charge in [0, 0.05) is 5.56 Å². The molecule has 5 aromatic rings. The Morgan fingerprint density at radius 1 is 0.633 bits per heavy atom. The summed E-state index contributed by atoms with van der Waals surface area (Å²) in [6, 6.07) is 33.9. The molecule has 0 saturated carbocycles. The third-order valence-corrected chi connectivity index (χ3v) is 5.32. The zero-order chi connectivity index (χ0) is 20.5. The molecule has 0 aliphatic carbocycles. The minimum Gasteiger partial charge on any atom is -0.268 e. The van der Waals surface area contributed by atoms with Crippen molar-refractivity contribution in [1.82, 2.24) is 9.55 Å². The molecule has 144 valence electrons. The highest BCUT2D eigenvalue weighted by Crippen LogP contribution is 2.25. The van der Waals surface area contributed by atoms with Gasteiger partial charge in [-0.3, -0.25) is 9.36 Å². The van der Waals surface area contributed by atoms with Crippen LogP contribution in [0.5, 0.6) is 0 Å². The van der Waals surface area contributed by atoms with Crippen LogP contribution in [-0.2, 0) is 0 Å². The normalized spacial score (nSPS) is 11.0. The van der Waals surface area contributed by atoms with Gasteiger partial charge in [-0.15, -0.1) is 0 Å². The predicted molar refractivity (Wildman–Crippen MR) is 123 cm³/mol. The van der Waals surface area contributed by atoms with E-state index in [-0.39, 0.29) is 5.56 Å². The molecule has 0 fully saturated rings. The van der Waals surface area contributed by atoms with Crippen LogP contribution < -0.4 is 5.56 Å². The number of para-hydroxylation sites is 1. The van der Waals surface area contributed by atoms with Crippen molar-refractivity contribution in [1.29, 1.82) is 0 Å². The summed E-state index contributed by atoms with van der Waals surface area (Å²) in [6.45, 7) is 2.05. The molecule has 0 bridgehead atoms. The second-order valence-corrected chi connectivity index (χ2v) is 7.37. The van der Waals surface area contributed by atoms with E-state index in [1.807, 2.05) is 97.9 Å². The lowest BCUT2D eigenvalue weighted by atomic mass is 10.1. The van der Waals surface area contributed by atoms with Gasteiger partial charge in [-0.1, -0.05) is 84.4 Å². The summed E-state index contributed by atoms with van der Waals surface area (Å²) in [7, 11) is 0. The summed E-state index contributed by atoms with van der Waals surface area (Å²) in [5.41, 5.74) is 5.77. The fourth-order valence-corrected chi connectivity index (χ4v) is 3.70. The smallest absolute Gasteiger partial charge is 0.266 e. The zero-order valence-corrected chi connectivity index (χ0v) is 16.6. The average molecular weight is 388 g/mol. The van der Waals surface area contributed by atoms with Gasteiger partial charge >= 0.3 is 0 Å². The van der Waals surface area contributed by atoms with Gasteiger partial charge in [-0.2, -0.15) is 0 Å². The van der Waals surface area contributed by atoms with Crippen molar-refractivity contribution >= 4 is 10.9 Å². The Balaban J connectivity index is 1.73. The van der Waals surface area contributed by atoms with Crippen LogP contribution >= 0.6 is 0 Å². The molecule has 3 nitrogen and oxygen atoms in total. The molecule has 3 heteroatoms. The molecular weight excluding hydrogens is 368 g/mol. The maximum atomic E-state index is 13.5. The third-order valence-electron chi connectivity index (χ3n) is 5.32. The standard InChI is InChI=1S/C27H20N2O/c1-19-11-13-22(14-12-19)26-28-25-10-6-5-9-24(25)27(30)29(26)23-17-15-21(16-18-23)20-7-3-2-4-8-20/h2-18H,1H3. The van der Waals surface area contributed by atoms with Gasteiger partial charge < -0.3 is 0 Å². The molecule has 1 aromatic heterocycles. The van der Waals surface area contributed by atoms with Gasteiger partial charge in [0.15, 0.2) is 0 Å². The number of aromatic nitrogens is 2. The summed E-state index contributed by atoms with van der Waals surface area (Å²) in [6.07, 6.45) is 0. The minimum absolute atomic E-state index is 0.0661. The second kappa shape index (κ2) is 7.45. The molecule has 5 rings (SSSR count). The van der Waals surface area contributed by atoms with Crippen LogP contribution in [0.3, 0.4) is 0 Å². The maximum Gasteiger partial charge on any atom is 0.266 e. The number of hydrogen-bond acceptors (Lipinski definition) is 2. The van der Waals surface area contributed by atoms with E-state index in [4.69, 9.17) is 4.98 Å². The Labute approximate surface area is 174 Å². The van der Waals surface area contributed by atoms with E-state index in [0.29, 0.717) is 16.7 Å². The van der Waals surface area contributed by atoms with E-state index in [1.54, 1.807) is 4.57 Å². The SMILES string of the molecule is Cc1ccc(-c2nc3ccccc3c(=O)n2-c2ccc(-c3ccccc3)cc2)cc1. The molecule has 30 heavy (non-hydrogen) atoms. The Kier molecular flexibility index (Phi) is 4.49. The largest absolute Gasteiger partial charge is 0.268 e. The first kappa shape index (κ1) is 18.1. The summed E-state index contributed by atoms with van der Waals surface area (Å²) in [4.78, 5) is 18.3. The Morgan fingerprint density at radius 3 is 1.97 bits per heavy atom. The number of benzene rings is 4. The Morgan fingerprint density at radius 2 is 1.23 bits per heavy atom. The molecule has 1 heterocycles. The molecule has 0 aliphatic heterocycles. The molecule has 0 atom stereocenters. The van der Waals surface area contributed by atoms with Crippen LogP contribution in [0.4, 0.5) is 0 Å². The lowest BCUT2D eigenvalue weighted by Gasteiger charge is -2.14. The van der Waals surface area contributed by atoms with Crippen LogP contribution in [0.1, 0.15) is 5.56 Å². The zero-order valence-electron chi connectivity index (χ0n) is 16.6. The van der Waals surface area contributed by atoms with Crippen molar-refractivity contribution in [2.45, 2.75) is 6.92 Å². The Bertz CT molecular complexity index is 1380. The first-order valence-electron chi connectivity index (χ1n) is 9.95. The van der Waals surface area contributed by atoms with Crippen LogP contribution in [0.15, 0.2) is 108 Å². The van der Waals surface area contributed by atoms with Crippen molar-refractivity contribution in [3.05, 3.63) is 119 Å². The lowest BCUT2D eigenvalue weighted by Crippen LogP contribution is -2.21. The lowest BCUT2D eigenvalue weighted by molar-refractivity contribution is 0.976. The summed E-state index contributed by atoms with van der Waals surface area (Å²) in [5.74, 6) is 0.645. The van der Waals surface area contributed by atoms with Crippen molar-refractivity contribution < 1.29 is 0 Å². The predicted octanol–water partition coefficient (Wildman–Crippen LogP) is 6.03. The minimum atomic E-state index is -0.0661. The van der Waals surface area contributed by atoms with Crippen LogP contribution in [0.25, 0.3) is 39.1 Å². The first-order valence-corrected chi connectivity index (χ1v) is 9.95. The summed E-state index contributed by atoms with van der Waals surface area (Å²) >= 11 is 0. The highest BCUT2D eigenvalue weighted by Gasteiger charge is 2.14. The molecule has 4 aromatic carbocycles. The van der Waals surface area contributed by atoms with Gasteiger partial charge in [0.05, 0.1) is 16.6 Å². The molecule has 0 radical (unpaired) electrons. The first-order chi connectivity index (χ1) is 14.7. The number of nitrogens with zero attached hydrogens (tertiary/aromatic N) is 2. The number of rotatable bonds is 3. The average Bonchev–Trinajstić information content (AvgIpc) is 2.80. The van der Waals surface area contributed by atoms with E-state index in [1.165, 1.54) is 5.56 Å². The van der Waals surface area contributed by atoms with Crippen molar-refractivity contribution in [3.8, 4) is 28.2 Å². The number of fused-ring (bicyclic) bond motifs is 1. The van der Waals surface area contributed by atoms with Gasteiger partial charge in [0.25, 0.3) is 5.56 Å². The van der Waals surface area contributed by atoms with E-state index in [2.05, 4.69) is 12.1 Å². The van der Waals surface area contributed by atoms with E-state index in [9.17, 15) is 4.79 Å². The molecule has 0 saturated heterocycles. The van der Waals surface area contributed by atoms with Crippen molar-refractivity contribution in [2.24, 2.45) is 0 Å². The highest BCUT2D eigenvalue weighted by atomic mass is 16.1. The second-order valence-electron chi connectivity index (χ2n) is 7.37. The molecule has 0 aliphatic rings. The summed E-state index contributed by atoms with van der Waals surface area (Å²) < 4.78 is 1.71. The fourth-order valence-electron chi connectivity index (χ4n) is 3.70. The van der Waals surface area contributed by atoms with Crippen LogP contribution in [0.2, 0.25) is 0 Å². The topological polar surface area (TPSA) is 34.9 Å². The van der Waals surface area contributed by atoms with Crippen molar-refractivity contribution in [2.75, 3.05) is 0 Å². The van der Waals surface area contributed by atoms with Crippen LogP contribution in [0, 0.1) is 6.92 Å². The van der Waals surface area contributed by atoms with Crippen molar-refractivity contribution in [3.63, 3.8) is 0 Å². The van der Waals surface area contributed by atoms with Gasteiger partial charge in [0.2, 0.25) is 0 Å². The Hall–Kier alpha value is -3.98. The number of aryl methyl sites for hydroxylation is 1. The highest BCUT2D eigenvalue weighted by molar-refractivity contribution is 5.80. The van der Waals surface area contributed by atoms with E-state index >= 15 is 0 Å². The van der Waals surface area contributed by atoms with Gasteiger partial charge in [0.1, 0.15) is 5.82 Å². The van der Waals surface area contributed by atoms with Gasteiger partial charge in [-0.25, -0.2) is 4.98 Å². The third kappa shape index (κ3) is 3.20.